The van der Waals surface area contributed by atoms with E-state index in [1.54, 1.807) is 18.1 Å². The van der Waals surface area contributed by atoms with Crippen molar-refractivity contribution in [2.24, 2.45) is 0 Å². The third kappa shape index (κ3) is 4.23. The Morgan fingerprint density at radius 3 is 2.65 bits per heavy atom. The number of anilines is 1. The summed E-state index contributed by atoms with van der Waals surface area (Å²) in [7, 11) is 1.70. The van der Waals surface area contributed by atoms with Gasteiger partial charge < -0.3 is 14.5 Å². The summed E-state index contributed by atoms with van der Waals surface area (Å²) >= 11 is 0. The number of benzene rings is 2. The standard InChI is InChI=1S/C21H18F3N5O2/c1-28(12-14-7-9-25-29(14)10-8-13-5-3-2-4-6-13)21-26-20(31-27-21)15-11-16(22)18(24)19(30)17(15)23/h2-7,9,11,30H,8,10,12H2,1H3. The van der Waals surface area contributed by atoms with Gasteiger partial charge in [-0.1, -0.05) is 30.3 Å². The summed E-state index contributed by atoms with van der Waals surface area (Å²) in [5, 5.41) is 17.5. The largest absolute Gasteiger partial charge is 0.503 e. The predicted octanol–water partition coefficient (Wildman–Crippen LogP) is 3.94. The molecule has 0 amide bonds. The highest BCUT2D eigenvalue weighted by Crippen LogP contribution is 2.32. The number of nitrogens with zero attached hydrogens (tertiary/aromatic N) is 5. The Balaban J connectivity index is 1.48. The molecule has 2 aromatic heterocycles. The third-order valence-corrected chi connectivity index (χ3v) is 4.78. The number of halogens is 3. The molecular formula is C21H18F3N5O2. The van der Waals surface area contributed by atoms with E-state index in [1.807, 2.05) is 41.1 Å². The fourth-order valence-corrected chi connectivity index (χ4v) is 3.12. The molecule has 0 radical (unpaired) electrons. The van der Waals surface area contributed by atoms with Gasteiger partial charge in [0.1, 0.15) is 0 Å². The zero-order chi connectivity index (χ0) is 22.0. The van der Waals surface area contributed by atoms with Crippen LogP contribution in [0, 0.1) is 17.5 Å². The summed E-state index contributed by atoms with van der Waals surface area (Å²) in [6.45, 7) is 1.05. The molecule has 0 saturated heterocycles. The first-order chi connectivity index (χ1) is 14.9. The van der Waals surface area contributed by atoms with Crippen LogP contribution in [0.15, 0.2) is 53.2 Å². The molecule has 0 atom stereocenters. The maximum absolute atomic E-state index is 14.1. The van der Waals surface area contributed by atoms with E-state index < -0.39 is 28.8 Å². The van der Waals surface area contributed by atoms with Gasteiger partial charge in [-0.25, -0.2) is 8.78 Å². The van der Waals surface area contributed by atoms with Gasteiger partial charge >= 0.3 is 0 Å². The van der Waals surface area contributed by atoms with Crippen LogP contribution in [0.25, 0.3) is 11.5 Å². The molecule has 0 aliphatic carbocycles. The average Bonchev–Trinajstić information content (AvgIpc) is 3.44. The molecule has 1 N–H and O–H groups in total. The average molecular weight is 429 g/mol. The van der Waals surface area contributed by atoms with Crippen molar-refractivity contribution < 1.29 is 22.8 Å². The fourth-order valence-electron chi connectivity index (χ4n) is 3.12. The van der Waals surface area contributed by atoms with Gasteiger partial charge in [-0.15, -0.1) is 0 Å². The number of rotatable bonds is 7. The van der Waals surface area contributed by atoms with Crippen LogP contribution in [0.3, 0.4) is 0 Å². The smallest absolute Gasteiger partial charge is 0.266 e. The normalized spacial score (nSPS) is 11.1. The highest BCUT2D eigenvalue weighted by atomic mass is 19.2. The van der Waals surface area contributed by atoms with Gasteiger partial charge in [0.2, 0.25) is 5.82 Å². The number of aromatic hydroxyl groups is 1. The van der Waals surface area contributed by atoms with Crippen molar-refractivity contribution in [1.29, 1.82) is 0 Å². The quantitative estimate of drug-likeness (QED) is 0.449. The second-order valence-electron chi connectivity index (χ2n) is 6.92. The SMILES string of the molecule is CN(Cc1ccnn1CCc1ccccc1)c1noc(-c2cc(F)c(F)c(O)c2F)n1. The number of aromatic nitrogens is 4. The lowest BCUT2D eigenvalue weighted by molar-refractivity contribution is 0.374. The van der Waals surface area contributed by atoms with Crippen LogP contribution >= 0.6 is 0 Å². The number of phenols is 1. The summed E-state index contributed by atoms with van der Waals surface area (Å²) in [6.07, 6.45) is 2.50. The molecule has 31 heavy (non-hydrogen) atoms. The predicted molar refractivity (Wildman–Crippen MR) is 106 cm³/mol. The third-order valence-electron chi connectivity index (χ3n) is 4.78. The van der Waals surface area contributed by atoms with Crippen molar-refractivity contribution in [3.05, 3.63) is 77.4 Å². The van der Waals surface area contributed by atoms with Gasteiger partial charge in [0, 0.05) is 19.8 Å². The van der Waals surface area contributed by atoms with Gasteiger partial charge in [0.05, 0.1) is 17.8 Å². The molecule has 2 aromatic carbocycles. The summed E-state index contributed by atoms with van der Waals surface area (Å²) in [5.41, 5.74) is 1.55. The Morgan fingerprint density at radius 2 is 1.87 bits per heavy atom. The topological polar surface area (TPSA) is 80.2 Å². The van der Waals surface area contributed by atoms with Crippen LogP contribution in [0.1, 0.15) is 11.3 Å². The summed E-state index contributed by atoms with van der Waals surface area (Å²) in [4.78, 5) is 5.67. The Morgan fingerprint density at radius 1 is 1.10 bits per heavy atom. The van der Waals surface area contributed by atoms with E-state index in [4.69, 9.17) is 4.52 Å². The summed E-state index contributed by atoms with van der Waals surface area (Å²) in [5.74, 6) is -6.20. The number of hydrogen-bond donors (Lipinski definition) is 1. The van der Waals surface area contributed by atoms with E-state index in [0.29, 0.717) is 19.2 Å². The van der Waals surface area contributed by atoms with Crippen LogP contribution in [0.5, 0.6) is 5.75 Å². The first-order valence-corrected chi connectivity index (χ1v) is 9.40. The minimum atomic E-state index is -1.68. The fraction of sp³-hybridized carbons (Fsp3) is 0.190. The van der Waals surface area contributed by atoms with Gasteiger partial charge in [-0.05, 0) is 29.3 Å². The van der Waals surface area contributed by atoms with E-state index >= 15 is 0 Å². The van der Waals surface area contributed by atoms with Crippen LogP contribution in [0.4, 0.5) is 19.1 Å². The maximum atomic E-state index is 14.1. The molecule has 4 rings (SSSR count). The molecule has 10 heteroatoms. The van der Waals surface area contributed by atoms with Gasteiger partial charge in [-0.2, -0.15) is 14.5 Å². The number of aryl methyl sites for hydroxylation is 2. The van der Waals surface area contributed by atoms with E-state index in [2.05, 4.69) is 15.2 Å². The van der Waals surface area contributed by atoms with Crippen molar-refractivity contribution in [2.45, 2.75) is 19.5 Å². The number of phenolic OH excluding ortho intramolecular Hbond substituents is 1. The van der Waals surface area contributed by atoms with Crippen molar-refractivity contribution >= 4 is 5.95 Å². The molecule has 0 saturated carbocycles. The first-order valence-electron chi connectivity index (χ1n) is 9.40. The zero-order valence-corrected chi connectivity index (χ0v) is 16.5. The van der Waals surface area contributed by atoms with Crippen LogP contribution < -0.4 is 4.90 Å². The molecule has 0 aliphatic heterocycles. The van der Waals surface area contributed by atoms with E-state index in [1.165, 1.54) is 5.56 Å². The molecule has 0 bridgehead atoms. The van der Waals surface area contributed by atoms with Crippen molar-refractivity contribution in [3.63, 3.8) is 0 Å². The van der Waals surface area contributed by atoms with Gasteiger partial charge in [0.15, 0.2) is 17.4 Å². The lowest BCUT2D eigenvalue weighted by atomic mass is 10.1. The summed E-state index contributed by atoms with van der Waals surface area (Å²) in [6, 6.07) is 12.4. The molecule has 7 nitrogen and oxygen atoms in total. The molecule has 0 fully saturated rings. The van der Waals surface area contributed by atoms with E-state index in [-0.39, 0.29) is 11.8 Å². The minimum absolute atomic E-state index is 0.106. The lowest BCUT2D eigenvalue weighted by Gasteiger charge is -2.15. The first kappa shape index (κ1) is 20.5. The molecule has 0 unspecified atom stereocenters. The summed E-state index contributed by atoms with van der Waals surface area (Å²) < 4.78 is 47.8. The Kier molecular flexibility index (Phi) is 5.61. The Hall–Kier alpha value is -3.82. The molecule has 4 aromatic rings. The van der Waals surface area contributed by atoms with Crippen LogP contribution in [-0.4, -0.2) is 32.1 Å². The van der Waals surface area contributed by atoms with Crippen molar-refractivity contribution in [1.82, 2.24) is 19.9 Å². The zero-order valence-electron chi connectivity index (χ0n) is 16.5. The molecule has 2 heterocycles. The van der Waals surface area contributed by atoms with Crippen molar-refractivity contribution in [2.75, 3.05) is 11.9 Å². The van der Waals surface area contributed by atoms with Gasteiger partial charge in [0.25, 0.3) is 11.8 Å². The van der Waals surface area contributed by atoms with E-state index in [9.17, 15) is 18.3 Å². The van der Waals surface area contributed by atoms with Crippen LogP contribution in [0.2, 0.25) is 0 Å². The highest BCUT2D eigenvalue weighted by Gasteiger charge is 2.23. The van der Waals surface area contributed by atoms with E-state index in [0.717, 1.165) is 12.1 Å². The molecular weight excluding hydrogens is 411 g/mol. The van der Waals surface area contributed by atoms with Gasteiger partial charge in [-0.3, -0.25) is 4.68 Å². The molecule has 160 valence electrons. The highest BCUT2D eigenvalue weighted by molar-refractivity contribution is 5.58. The number of hydrogen-bond acceptors (Lipinski definition) is 6. The monoisotopic (exact) mass is 429 g/mol. The Labute approximate surface area is 175 Å². The van der Waals surface area contributed by atoms with Crippen molar-refractivity contribution in [3.8, 4) is 17.2 Å². The maximum Gasteiger partial charge on any atom is 0.266 e. The molecule has 0 aliphatic rings. The minimum Gasteiger partial charge on any atom is -0.503 e. The second-order valence-corrected chi connectivity index (χ2v) is 6.92. The second kappa shape index (κ2) is 8.50. The molecule has 0 spiro atoms. The van der Waals surface area contributed by atoms with Crippen LogP contribution in [-0.2, 0) is 19.5 Å². The lowest BCUT2D eigenvalue weighted by Crippen LogP contribution is -2.21. The Bertz CT molecular complexity index is 1190.